The predicted octanol–water partition coefficient (Wildman–Crippen LogP) is 6.68. The number of aromatic nitrogens is 1. The number of carbonyl (C=O) groups excluding carboxylic acids is 1. The molecule has 1 aromatic heterocycles. The van der Waals surface area contributed by atoms with E-state index in [2.05, 4.69) is 43.2 Å². The van der Waals surface area contributed by atoms with Crippen molar-refractivity contribution < 1.29 is 9.53 Å². The number of likely N-dealkylation sites (N-methyl/N-ethyl adjacent to an activating group) is 1. The molecule has 1 spiro atoms. The monoisotopic (exact) mass is 648 g/mol. The zero-order chi connectivity index (χ0) is 26.7. The van der Waals surface area contributed by atoms with Gasteiger partial charge < -0.3 is 10.1 Å². The average Bonchev–Trinajstić information content (AvgIpc) is 3.60. The van der Waals surface area contributed by atoms with Gasteiger partial charge in [0, 0.05) is 43.6 Å². The highest BCUT2D eigenvalue weighted by Gasteiger charge is 2.73. The Morgan fingerprint density at radius 1 is 1.11 bits per heavy atom. The lowest BCUT2D eigenvalue weighted by molar-refractivity contribution is -0.127. The van der Waals surface area contributed by atoms with Crippen LogP contribution >= 0.6 is 43.2 Å². The van der Waals surface area contributed by atoms with Crippen LogP contribution in [-0.4, -0.2) is 36.5 Å². The molecule has 3 atom stereocenters. The largest absolute Gasteiger partial charge is 0.497 e. The van der Waals surface area contributed by atoms with Crippen LogP contribution in [0, 0.1) is 11.3 Å². The molecule has 9 heteroatoms. The molecule has 1 amide bonds. The van der Waals surface area contributed by atoms with Crippen molar-refractivity contribution in [2.75, 3.05) is 26.0 Å². The Balaban J connectivity index is 1.63. The fraction of sp³-hybridized carbons (Fsp3) is 0.207. The number of hydrogen-bond donors (Lipinski definition) is 1. The Morgan fingerprint density at radius 3 is 2.50 bits per heavy atom. The van der Waals surface area contributed by atoms with Crippen LogP contribution in [0.5, 0.6) is 5.75 Å². The number of fused-ring (bicyclic) bond motifs is 2. The molecule has 3 aromatic carbocycles. The lowest BCUT2D eigenvalue weighted by atomic mass is 9.62. The van der Waals surface area contributed by atoms with Crippen molar-refractivity contribution in [1.82, 2.24) is 9.88 Å². The molecular formula is C29H22Br2N4O2S. The van der Waals surface area contributed by atoms with Crippen LogP contribution in [0.4, 0.5) is 5.69 Å². The lowest BCUT2D eigenvalue weighted by Crippen LogP contribution is -2.57. The van der Waals surface area contributed by atoms with E-state index in [1.54, 1.807) is 7.11 Å². The van der Waals surface area contributed by atoms with E-state index in [1.165, 1.54) is 11.3 Å². The third kappa shape index (κ3) is 3.44. The van der Waals surface area contributed by atoms with Crippen molar-refractivity contribution in [1.29, 1.82) is 5.26 Å². The summed E-state index contributed by atoms with van der Waals surface area (Å²) >= 11 is 8.52. The van der Waals surface area contributed by atoms with E-state index in [4.69, 9.17) is 9.72 Å². The molecule has 1 fully saturated rings. The molecule has 0 aliphatic carbocycles. The minimum atomic E-state index is -1.30. The standard InChI is InChI=1S/C29H22Br2N4O2S/c1-35-14-23(17-5-10-21(37-2)11-6-17)28(16-32,27-34-25(15-38-27)18-3-7-19(30)8-4-18)29(35)22-13-20(31)9-12-24(22)33-26(29)36/h3-13,15,23H,14H2,1-2H3,(H,33,36). The number of hydrogen-bond acceptors (Lipinski definition) is 6. The number of benzene rings is 3. The van der Waals surface area contributed by atoms with Gasteiger partial charge >= 0.3 is 0 Å². The molecule has 6 rings (SSSR count). The first kappa shape index (κ1) is 25.3. The quantitative estimate of drug-likeness (QED) is 0.267. The van der Waals surface area contributed by atoms with Crippen LogP contribution in [-0.2, 0) is 15.7 Å². The maximum Gasteiger partial charge on any atom is 0.251 e. The van der Waals surface area contributed by atoms with Crippen LogP contribution in [0.3, 0.4) is 0 Å². The third-order valence-corrected chi connectivity index (χ3v) is 9.75. The Hall–Kier alpha value is -3.03. The fourth-order valence-corrected chi connectivity index (χ4v) is 7.75. The highest BCUT2D eigenvalue weighted by Crippen LogP contribution is 2.63. The number of likely N-dealkylation sites (tertiary alicyclic amines) is 1. The molecule has 2 aliphatic rings. The number of methoxy groups -OCH3 is 1. The number of nitriles is 1. The summed E-state index contributed by atoms with van der Waals surface area (Å²) in [6, 6.07) is 24.1. The highest BCUT2D eigenvalue weighted by atomic mass is 79.9. The first-order chi connectivity index (χ1) is 18.3. The summed E-state index contributed by atoms with van der Waals surface area (Å²) in [5.41, 5.74) is 1.59. The summed E-state index contributed by atoms with van der Waals surface area (Å²) in [5, 5.41) is 16.9. The molecule has 2 aliphatic heterocycles. The summed E-state index contributed by atoms with van der Waals surface area (Å²) in [6.45, 7) is 0.493. The number of nitrogens with zero attached hydrogens (tertiary/aromatic N) is 3. The molecule has 38 heavy (non-hydrogen) atoms. The van der Waals surface area contributed by atoms with Gasteiger partial charge in [-0.15, -0.1) is 11.3 Å². The van der Waals surface area contributed by atoms with Gasteiger partial charge in [0.05, 0.1) is 18.9 Å². The first-order valence-corrected chi connectivity index (χ1v) is 14.4. The maximum absolute atomic E-state index is 14.1. The number of nitrogens with one attached hydrogen (secondary N) is 1. The van der Waals surface area contributed by atoms with Gasteiger partial charge in [-0.3, -0.25) is 9.69 Å². The molecule has 0 radical (unpaired) electrons. The van der Waals surface area contributed by atoms with Gasteiger partial charge in [0.15, 0.2) is 5.54 Å². The molecule has 1 saturated heterocycles. The zero-order valence-electron chi connectivity index (χ0n) is 20.5. The number of rotatable bonds is 4. The molecule has 6 nitrogen and oxygen atoms in total. The number of amides is 1. The SMILES string of the molecule is COc1ccc(C2CN(C)C3(C(=O)Nc4ccc(Br)cc43)C2(C#N)c2nc(-c3ccc(Br)cc3)cs2)cc1. The Bertz CT molecular complexity index is 1600. The summed E-state index contributed by atoms with van der Waals surface area (Å²) in [6.07, 6.45) is 0. The molecular weight excluding hydrogens is 628 g/mol. The highest BCUT2D eigenvalue weighted by molar-refractivity contribution is 9.10. The van der Waals surface area contributed by atoms with Crippen LogP contribution in [0.15, 0.2) is 81.1 Å². The Labute approximate surface area is 241 Å². The van der Waals surface area contributed by atoms with Crippen LogP contribution in [0.1, 0.15) is 22.1 Å². The van der Waals surface area contributed by atoms with Crippen molar-refractivity contribution in [2.45, 2.75) is 16.9 Å². The van der Waals surface area contributed by atoms with Crippen molar-refractivity contribution in [3.8, 4) is 23.1 Å². The van der Waals surface area contributed by atoms with Crippen LogP contribution in [0.25, 0.3) is 11.3 Å². The van der Waals surface area contributed by atoms with E-state index in [9.17, 15) is 10.1 Å². The van der Waals surface area contributed by atoms with Crippen molar-refractivity contribution >= 4 is 54.8 Å². The molecule has 0 bridgehead atoms. The number of halogens is 2. The van der Waals surface area contributed by atoms with Crippen molar-refractivity contribution in [3.05, 3.63) is 97.2 Å². The van der Waals surface area contributed by atoms with Gasteiger partial charge in [0.1, 0.15) is 16.2 Å². The molecule has 4 aromatic rings. The summed E-state index contributed by atoms with van der Waals surface area (Å²) in [4.78, 5) is 21.2. The topological polar surface area (TPSA) is 78.2 Å². The first-order valence-electron chi connectivity index (χ1n) is 11.9. The number of anilines is 1. The third-order valence-electron chi connectivity index (χ3n) is 7.75. The normalized spacial score (nSPS) is 24.3. The molecule has 1 N–H and O–H groups in total. The second-order valence-electron chi connectivity index (χ2n) is 9.53. The summed E-state index contributed by atoms with van der Waals surface area (Å²) < 4.78 is 7.21. The lowest BCUT2D eigenvalue weighted by Gasteiger charge is -2.41. The van der Waals surface area contributed by atoms with Gasteiger partial charge in [-0.05, 0) is 55.1 Å². The van der Waals surface area contributed by atoms with Crippen molar-refractivity contribution in [2.24, 2.45) is 0 Å². The number of carbonyl (C=O) groups is 1. The fourth-order valence-electron chi connectivity index (χ4n) is 6.04. The molecule has 0 saturated carbocycles. The van der Waals surface area contributed by atoms with E-state index in [-0.39, 0.29) is 11.8 Å². The number of thiazole rings is 1. The van der Waals surface area contributed by atoms with E-state index in [0.717, 1.165) is 37.1 Å². The minimum absolute atomic E-state index is 0.217. The summed E-state index contributed by atoms with van der Waals surface area (Å²) in [7, 11) is 3.55. The maximum atomic E-state index is 14.1. The van der Waals surface area contributed by atoms with E-state index >= 15 is 0 Å². The van der Waals surface area contributed by atoms with E-state index in [0.29, 0.717) is 17.2 Å². The molecule has 3 heterocycles. The van der Waals surface area contributed by atoms with E-state index in [1.807, 2.05) is 84.1 Å². The van der Waals surface area contributed by atoms with E-state index < -0.39 is 11.0 Å². The van der Waals surface area contributed by atoms with Crippen molar-refractivity contribution in [3.63, 3.8) is 0 Å². The van der Waals surface area contributed by atoms with Gasteiger partial charge in [0.2, 0.25) is 0 Å². The second kappa shape index (κ2) is 9.31. The van der Waals surface area contributed by atoms with Crippen LogP contribution < -0.4 is 10.1 Å². The minimum Gasteiger partial charge on any atom is -0.497 e. The Morgan fingerprint density at radius 2 is 1.82 bits per heavy atom. The Kier molecular flexibility index (Phi) is 6.19. The van der Waals surface area contributed by atoms with Gasteiger partial charge in [-0.2, -0.15) is 5.26 Å². The second-order valence-corrected chi connectivity index (χ2v) is 12.2. The predicted molar refractivity (Wildman–Crippen MR) is 155 cm³/mol. The molecule has 3 unspecified atom stereocenters. The number of ether oxygens (including phenoxy) is 1. The smallest absolute Gasteiger partial charge is 0.251 e. The van der Waals surface area contributed by atoms with Gasteiger partial charge in [-0.1, -0.05) is 56.1 Å². The van der Waals surface area contributed by atoms with Gasteiger partial charge in [-0.25, -0.2) is 4.98 Å². The van der Waals surface area contributed by atoms with Crippen LogP contribution in [0.2, 0.25) is 0 Å². The summed E-state index contributed by atoms with van der Waals surface area (Å²) in [5.74, 6) is 0.186. The molecule has 190 valence electrons. The average molecular weight is 650 g/mol. The van der Waals surface area contributed by atoms with Gasteiger partial charge in [0.25, 0.3) is 5.91 Å². The zero-order valence-corrected chi connectivity index (χ0v) is 24.5.